The van der Waals surface area contributed by atoms with E-state index in [2.05, 4.69) is 29.8 Å². The topological polar surface area (TPSA) is 99.8 Å². The second-order valence-corrected chi connectivity index (χ2v) is 9.00. The highest BCUT2D eigenvalue weighted by Crippen LogP contribution is 2.42. The van der Waals surface area contributed by atoms with Crippen molar-refractivity contribution in [1.82, 2.24) is 20.9 Å². The Labute approximate surface area is 168 Å². The zero-order chi connectivity index (χ0) is 21.1. The van der Waals surface area contributed by atoms with Crippen LogP contribution in [-0.2, 0) is 19.1 Å². The first-order chi connectivity index (χ1) is 13.1. The van der Waals surface area contributed by atoms with E-state index in [1.165, 1.54) is 0 Å². The van der Waals surface area contributed by atoms with Gasteiger partial charge in [0, 0.05) is 13.0 Å². The van der Waals surface area contributed by atoms with Gasteiger partial charge in [0.05, 0.1) is 12.6 Å². The third kappa shape index (κ3) is 5.03. The largest absolute Gasteiger partial charge is 0.358 e. The van der Waals surface area contributed by atoms with Gasteiger partial charge < -0.3 is 25.6 Å². The SMILES string of the molecule is CN[C@@H](C)C(=O)NC1CCOC2CC(C)(C)C(C(=O)NCCC(C)C)N2C1=O. The molecule has 0 saturated carbocycles. The molecule has 0 aromatic rings. The molecule has 2 rings (SSSR count). The summed E-state index contributed by atoms with van der Waals surface area (Å²) in [5, 5.41) is 8.67. The number of nitrogens with zero attached hydrogens (tertiary/aromatic N) is 1. The van der Waals surface area contributed by atoms with Crippen molar-refractivity contribution in [3.05, 3.63) is 0 Å². The summed E-state index contributed by atoms with van der Waals surface area (Å²) < 4.78 is 5.91. The van der Waals surface area contributed by atoms with E-state index >= 15 is 0 Å². The third-order valence-electron chi connectivity index (χ3n) is 5.71. The Morgan fingerprint density at radius 3 is 2.57 bits per heavy atom. The molecule has 2 aliphatic heterocycles. The highest BCUT2D eigenvalue weighted by molar-refractivity contribution is 5.94. The van der Waals surface area contributed by atoms with Gasteiger partial charge in [-0.2, -0.15) is 0 Å². The van der Waals surface area contributed by atoms with Crippen molar-refractivity contribution in [3.8, 4) is 0 Å². The standard InChI is InChI=1S/C20H36N4O4/c1-12(2)7-9-22-18(26)16-20(4,5)11-15-24(16)19(27)14(8-10-28-15)23-17(25)13(3)21-6/h12-16,21H,7-11H2,1-6H3,(H,22,26)(H,23,25)/t13-,14?,15?,16?/m0/s1. The molecule has 0 aliphatic carbocycles. The molecule has 0 aromatic carbocycles. The van der Waals surface area contributed by atoms with Gasteiger partial charge in [0.1, 0.15) is 18.3 Å². The van der Waals surface area contributed by atoms with Crippen molar-refractivity contribution in [3.63, 3.8) is 0 Å². The molecule has 28 heavy (non-hydrogen) atoms. The first kappa shape index (κ1) is 22.6. The molecule has 4 atom stereocenters. The molecule has 0 radical (unpaired) electrons. The van der Waals surface area contributed by atoms with Crippen LogP contribution < -0.4 is 16.0 Å². The first-order valence-electron chi connectivity index (χ1n) is 10.3. The van der Waals surface area contributed by atoms with Crippen molar-refractivity contribution in [1.29, 1.82) is 0 Å². The fraction of sp³-hybridized carbons (Fsp3) is 0.850. The van der Waals surface area contributed by atoms with E-state index in [-0.39, 0.29) is 17.7 Å². The number of rotatable bonds is 7. The molecule has 2 fully saturated rings. The van der Waals surface area contributed by atoms with E-state index in [4.69, 9.17) is 4.74 Å². The summed E-state index contributed by atoms with van der Waals surface area (Å²) in [6.45, 7) is 10.9. The van der Waals surface area contributed by atoms with Crippen LogP contribution >= 0.6 is 0 Å². The monoisotopic (exact) mass is 396 g/mol. The van der Waals surface area contributed by atoms with E-state index in [1.54, 1.807) is 18.9 Å². The smallest absolute Gasteiger partial charge is 0.247 e. The van der Waals surface area contributed by atoms with Gasteiger partial charge in [-0.3, -0.25) is 14.4 Å². The Morgan fingerprint density at radius 2 is 1.96 bits per heavy atom. The molecule has 8 nitrogen and oxygen atoms in total. The van der Waals surface area contributed by atoms with Crippen LogP contribution in [0.25, 0.3) is 0 Å². The summed E-state index contributed by atoms with van der Waals surface area (Å²) in [6, 6.07) is -1.71. The normalized spacial score (nSPS) is 27.9. The van der Waals surface area contributed by atoms with Gasteiger partial charge in [0.15, 0.2) is 0 Å². The molecule has 8 heteroatoms. The number of hydrogen-bond acceptors (Lipinski definition) is 5. The van der Waals surface area contributed by atoms with Gasteiger partial charge in [-0.1, -0.05) is 27.7 Å². The number of amides is 3. The molecule has 2 heterocycles. The average Bonchev–Trinajstić information content (AvgIpc) is 2.80. The molecular weight excluding hydrogens is 360 g/mol. The first-order valence-corrected chi connectivity index (χ1v) is 10.3. The van der Waals surface area contributed by atoms with E-state index in [1.807, 2.05) is 13.8 Å². The van der Waals surface area contributed by atoms with Gasteiger partial charge in [0.2, 0.25) is 17.7 Å². The third-order valence-corrected chi connectivity index (χ3v) is 5.71. The Morgan fingerprint density at radius 1 is 1.29 bits per heavy atom. The van der Waals surface area contributed by atoms with Gasteiger partial charge in [0.25, 0.3) is 0 Å². The number of carbonyl (C=O) groups is 3. The quantitative estimate of drug-likeness (QED) is 0.586. The van der Waals surface area contributed by atoms with Crippen LogP contribution in [0.2, 0.25) is 0 Å². The number of nitrogens with one attached hydrogen (secondary N) is 3. The van der Waals surface area contributed by atoms with Crippen molar-refractivity contribution in [2.24, 2.45) is 11.3 Å². The van der Waals surface area contributed by atoms with Crippen molar-refractivity contribution >= 4 is 17.7 Å². The number of ether oxygens (including phenoxy) is 1. The molecule has 0 spiro atoms. The predicted molar refractivity (Wildman–Crippen MR) is 106 cm³/mol. The maximum absolute atomic E-state index is 13.3. The Balaban J connectivity index is 2.18. The predicted octanol–water partition coefficient (Wildman–Crippen LogP) is 0.615. The maximum Gasteiger partial charge on any atom is 0.247 e. The fourth-order valence-electron chi connectivity index (χ4n) is 3.86. The number of likely N-dealkylation sites (N-methyl/N-ethyl adjacent to an activating group) is 1. The van der Waals surface area contributed by atoms with Crippen molar-refractivity contribution in [2.75, 3.05) is 20.2 Å². The zero-order valence-corrected chi connectivity index (χ0v) is 18.0. The van der Waals surface area contributed by atoms with Gasteiger partial charge in [-0.05, 0) is 38.1 Å². The lowest BCUT2D eigenvalue weighted by Crippen LogP contribution is -2.58. The van der Waals surface area contributed by atoms with Crippen LogP contribution in [0.5, 0.6) is 0 Å². The molecule has 2 aliphatic rings. The molecule has 160 valence electrons. The highest BCUT2D eigenvalue weighted by atomic mass is 16.5. The summed E-state index contributed by atoms with van der Waals surface area (Å²) in [7, 11) is 1.69. The van der Waals surface area contributed by atoms with Crippen LogP contribution in [0, 0.1) is 11.3 Å². The maximum atomic E-state index is 13.3. The van der Waals surface area contributed by atoms with Gasteiger partial charge in [-0.25, -0.2) is 0 Å². The fourth-order valence-corrected chi connectivity index (χ4v) is 3.86. The molecule has 3 N–H and O–H groups in total. The molecule has 2 saturated heterocycles. The minimum Gasteiger partial charge on any atom is -0.358 e. The lowest BCUT2D eigenvalue weighted by Gasteiger charge is -2.33. The summed E-state index contributed by atoms with van der Waals surface area (Å²) in [4.78, 5) is 40.1. The lowest BCUT2D eigenvalue weighted by atomic mass is 9.83. The van der Waals surface area contributed by atoms with Gasteiger partial charge >= 0.3 is 0 Å². The second-order valence-electron chi connectivity index (χ2n) is 9.00. The van der Waals surface area contributed by atoms with Crippen LogP contribution in [0.15, 0.2) is 0 Å². The minimum absolute atomic E-state index is 0.152. The molecular formula is C20H36N4O4. The minimum atomic E-state index is -0.687. The average molecular weight is 397 g/mol. The van der Waals surface area contributed by atoms with Crippen LogP contribution in [0.4, 0.5) is 0 Å². The summed E-state index contributed by atoms with van der Waals surface area (Å²) in [5.41, 5.74) is -0.410. The van der Waals surface area contributed by atoms with E-state index in [9.17, 15) is 14.4 Å². The lowest BCUT2D eigenvalue weighted by molar-refractivity contribution is -0.149. The Hall–Kier alpha value is -1.67. The summed E-state index contributed by atoms with van der Waals surface area (Å²) >= 11 is 0. The Bertz CT molecular complexity index is 593. The number of hydrogen-bond donors (Lipinski definition) is 3. The summed E-state index contributed by atoms with van der Waals surface area (Å²) in [5.74, 6) is -0.147. The molecule has 3 amide bonds. The highest BCUT2D eigenvalue weighted by Gasteiger charge is 2.54. The second kappa shape index (κ2) is 9.22. The van der Waals surface area contributed by atoms with Crippen LogP contribution in [-0.4, -0.2) is 67.2 Å². The zero-order valence-electron chi connectivity index (χ0n) is 18.0. The van der Waals surface area contributed by atoms with E-state index in [0.717, 1.165) is 6.42 Å². The Kier molecular flexibility index (Phi) is 7.45. The van der Waals surface area contributed by atoms with E-state index in [0.29, 0.717) is 31.9 Å². The summed E-state index contributed by atoms with van der Waals surface area (Å²) in [6.07, 6.45) is 1.44. The number of carbonyl (C=O) groups excluding carboxylic acids is 3. The van der Waals surface area contributed by atoms with Crippen molar-refractivity contribution in [2.45, 2.75) is 78.2 Å². The molecule has 3 unspecified atom stereocenters. The van der Waals surface area contributed by atoms with Gasteiger partial charge in [-0.15, -0.1) is 0 Å². The number of fused-ring (bicyclic) bond motifs is 1. The van der Waals surface area contributed by atoms with Crippen molar-refractivity contribution < 1.29 is 19.1 Å². The van der Waals surface area contributed by atoms with E-state index < -0.39 is 29.8 Å². The van der Waals surface area contributed by atoms with Crippen LogP contribution in [0.3, 0.4) is 0 Å². The molecule has 0 bridgehead atoms. The molecule has 0 aromatic heterocycles. The van der Waals surface area contributed by atoms with Crippen LogP contribution in [0.1, 0.15) is 53.9 Å².